The Balaban J connectivity index is 1.70. The van der Waals surface area contributed by atoms with Gasteiger partial charge in [-0.15, -0.1) is 0 Å². The zero-order valence-corrected chi connectivity index (χ0v) is 22.6. The van der Waals surface area contributed by atoms with Crippen molar-refractivity contribution in [3.8, 4) is 0 Å². The lowest BCUT2D eigenvalue weighted by Gasteiger charge is -2.26. The number of halogens is 1. The maximum absolute atomic E-state index is 13.7. The van der Waals surface area contributed by atoms with Crippen molar-refractivity contribution in [2.24, 2.45) is 0 Å². The summed E-state index contributed by atoms with van der Waals surface area (Å²) in [6.07, 6.45) is 0. The number of carbonyl (C=O) groups excluding carboxylic acids is 1. The number of hydrogen-bond acceptors (Lipinski definition) is 3. The van der Waals surface area contributed by atoms with E-state index in [0.717, 1.165) is 32.1 Å². The Hall–Kier alpha value is -3.61. The molecule has 0 aliphatic heterocycles. The Morgan fingerprint density at radius 3 is 1.97 bits per heavy atom. The summed E-state index contributed by atoms with van der Waals surface area (Å²) in [7, 11) is -4.05. The molecule has 4 aromatic rings. The number of carbonyl (C=O) groups is 1. The van der Waals surface area contributed by atoms with Gasteiger partial charge in [-0.05, 0) is 61.7 Å². The third kappa shape index (κ3) is 6.21. The minimum Gasteiger partial charge on any atom is -0.344 e. The van der Waals surface area contributed by atoms with Crippen molar-refractivity contribution in [1.29, 1.82) is 0 Å². The van der Waals surface area contributed by atoms with Crippen LogP contribution < -0.4 is 9.62 Å². The summed E-state index contributed by atoms with van der Waals surface area (Å²) >= 11 is 6.35. The number of benzene rings is 4. The molecular weight excluding hydrogens is 504 g/mol. The minimum atomic E-state index is -4.05. The third-order valence-electron chi connectivity index (χ3n) is 6.19. The standard InChI is InChI=1S/C30H29ClN2O3S/c1-21-9-14-25(15-10-21)30(24-7-5-4-6-8-24)32-29(34)20-33(26-16-13-23(3)28(31)19-26)37(35,36)27-17-11-22(2)12-18-27/h4-19,30H,20H2,1-3H3,(H,32,34). The molecule has 0 fully saturated rings. The van der Waals surface area contributed by atoms with Crippen LogP contribution in [0.3, 0.4) is 0 Å². The quantitative estimate of drug-likeness (QED) is 0.287. The van der Waals surface area contributed by atoms with Crippen molar-refractivity contribution in [3.05, 3.63) is 130 Å². The van der Waals surface area contributed by atoms with E-state index in [1.807, 2.05) is 75.4 Å². The van der Waals surface area contributed by atoms with Crippen LogP contribution in [0.5, 0.6) is 0 Å². The van der Waals surface area contributed by atoms with Crippen LogP contribution in [0.15, 0.2) is 102 Å². The molecule has 190 valence electrons. The molecular formula is C30H29ClN2O3S. The SMILES string of the molecule is Cc1ccc(C(NC(=O)CN(c2ccc(C)c(Cl)c2)S(=O)(=O)c2ccc(C)cc2)c2ccccc2)cc1. The third-order valence-corrected chi connectivity index (χ3v) is 8.38. The van der Waals surface area contributed by atoms with E-state index >= 15 is 0 Å². The Labute approximate surface area is 223 Å². The molecule has 0 bridgehead atoms. The van der Waals surface area contributed by atoms with Crippen molar-refractivity contribution in [1.82, 2.24) is 5.32 Å². The molecule has 0 saturated carbocycles. The van der Waals surface area contributed by atoms with Crippen molar-refractivity contribution in [2.75, 3.05) is 10.8 Å². The largest absolute Gasteiger partial charge is 0.344 e. The fourth-order valence-electron chi connectivity index (χ4n) is 3.99. The molecule has 0 aromatic heterocycles. The second kappa shape index (κ2) is 11.2. The van der Waals surface area contributed by atoms with Gasteiger partial charge < -0.3 is 5.32 Å². The molecule has 4 rings (SSSR count). The predicted octanol–water partition coefficient (Wildman–Crippen LogP) is 6.37. The van der Waals surface area contributed by atoms with E-state index in [0.29, 0.717) is 10.7 Å². The Morgan fingerprint density at radius 2 is 1.38 bits per heavy atom. The molecule has 37 heavy (non-hydrogen) atoms. The number of sulfonamides is 1. The van der Waals surface area contributed by atoms with Crippen molar-refractivity contribution in [3.63, 3.8) is 0 Å². The summed E-state index contributed by atoms with van der Waals surface area (Å²) < 4.78 is 28.6. The van der Waals surface area contributed by atoms with Gasteiger partial charge in [0, 0.05) is 5.02 Å². The zero-order valence-electron chi connectivity index (χ0n) is 21.0. The molecule has 1 atom stereocenters. The van der Waals surface area contributed by atoms with Crippen LogP contribution in [0.4, 0.5) is 5.69 Å². The van der Waals surface area contributed by atoms with Gasteiger partial charge in [-0.1, -0.05) is 95.5 Å². The highest BCUT2D eigenvalue weighted by atomic mass is 35.5. The van der Waals surface area contributed by atoms with Gasteiger partial charge >= 0.3 is 0 Å². The second-order valence-corrected chi connectivity index (χ2v) is 11.3. The maximum atomic E-state index is 13.7. The molecule has 5 nitrogen and oxygen atoms in total. The van der Waals surface area contributed by atoms with Crippen molar-refractivity contribution < 1.29 is 13.2 Å². The second-order valence-electron chi connectivity index (χ2n) is 9.08. The minimum absolute atomic E-state index is 0.0979. The Morgan fingerprint density at radius 1 is 0.811 bits per heavy atom. The molecule has 7 heteroatoms. The summed E-state index contributed by atoms with van der Waals surface area (Å²) in [4.78, 5) is 13.6. The average molecular weight is 533 g/mol. The molecule has 0 aliphatic carbocycles. The number of hydrogen-bond donors (Lipinski definition) is 1. The monoisotopic (exact) mass is 532 g/mol. The Bertz CT molecular complexity index is 1490. The summed E-state index contributed by atoms with van der Waals surface area (Å²) in [5.41, 5.74) is 4.96. The number of anilines is 1. The van der Waals surface area contributed by atoms with E-state index in [-0.39, 0.29) is 4.90 Å². The van der Waals surface area contributed by atoms with Gasteiger partial charge in [0.2, 0.25) is 5.91 Å². The molecule has 1 N–H and O–H groups in total. The van der Waals surface area contributed by atoms with Gasteiger partial charge in [0.25, 0.3) is 10.0 Å². The van der Waals surface area contributed by atoms with Crippen LogP contribution in [0, 0.1) is 20.8 Å². The number of rotatable bonds is 8. The van der Waals surface area contributed by atoms with Crippen molar-refractivity contribution >= 4 is 33.2 Å². The molecule has 4 aromatic carbocycles. The van der Waals surface area contributed by atoms with E-state index in [1.54, 1.807) is 42.5 Å². The van der Waals surface area contributed by atoms with E-state index < -0.39 is 28.5 Å². The molecule has 1 amide bonds. The summed E-state index contributed by atoms with van der Waals surface area (Å²) in [5.74, 6) is -0.443. The number of aryl methyl sites for hydroxylation is 3. The molecule has 0 aliphatic rings. The summed E-state index contributed by atoms with van der Waals surface area (Å²) in [6.45, 7) is 5.31. The molecule has 0 radical (unpaired) electrons. The zero-order chi connectivity index (χ0) is 26.6. The van der Waals surface area contributed by atoms with Crippen LogP contribution in [-0.4, -0.2) is 20.9 Å². The number of nitrogens with zero attached hydrogens (tertiary/aromatic N) is 1. The topological polar surface area (TPSA) is 66.5 Å². The van der Waals surface area contributed by atoms with Crippen LogP contribution in [0.1, 0.15) is 33.9 Å². The summed E-state index contributed by atoms with van der Waals surface area (Å²) in [5, 5.41) is 3.47. The lowest BCUT2D eigenvalue weighted by Crippen LogP contribution is -2.42. The van der Waals surface area contributed by atoms with E-state index in [2.05, 4.69) is 5.32 Å². The average Bonchev–Trinajstić information content (AvgIpc) is 2.89. The first-order chi connectivity index (χ1) is 17.6. The van der Waals surface area contributed by atoms with Gasteiger partial charge in [-0.2, -0.15) is 0 Å². The fourth-order valence-corrected chi connectivity index (χ4v) is 5.58. The Kier molecular flexibility index (Phi) is 8.00. The highest BCUT2D eigenvalue weighted by Gasteiger charge is 2.29. The highest BCUT2D eigenvalue weighted by Crippen LogP contribution is 2.29. The van der Waals surface area contributed by atoms with Crippen LogP contribution in [-0.2, 0) is 14.8 Å². The van der Waals surface area contributed by atoms with E-state index in [9.17, 15) is 13.2 Å². The summed E-state index contributed by atoms with van der Waals surface area (Å²) in [6, 6.07) is 28.6. The smallest absolute Gasteiger partial charge is 0.264 e. The highest BCUT2D eigenvalue weighted by molar-refractivity contribution is 7.92. The normalized spacial score (nSPS) is 12.1. The van der Waals surface area contributed by atoms with Gasteiger partial charge in [0.05, 0.1) is 16.6 Å². The van der Waals surface area contributed by atoms with E-state index in [1.165, 1.54) is 0 Å². The number of amides is 1. The van der Waals surface area contributed by atoms with Crippen LogP contribution >= 0.6 is 11.6 Å². The molecule has 0 saturated heterocycles. The first kappa shape index (κ1) is 26.5. The van der Waals surface area contributed by atoms with Gasteiger partial charge in [-0.25, -0.2) is 8.42 Å². The fraction of sp³-hybridized carbons (Fsp3) is 0.167. The van der Waals surface area contributed by atoms with E-state index in [4.69, 9.17) is 11.6 Å². The lowest BCUT2D eigenvalue weighted by atomic mass is 9.98. The van der Waals surface area contributed by atoms with Gasteiger partial charge in [0.1, 0.15) is 6.54 Å². The first-order valence-corrected chi connectivity index (χ1v) is 13.7. The lowest BCUT2D eigenvalue weighted by molar-refractivity contribution is -0.120. The van der Waals surface area contributed by atoms with Crippen LogP contribution in [0.25, 0.3) is 0 Å². The molecule has 1 unspecified atom stereocenters. The first-order valence-electron chi connectivity index (χ1n) is 11.9. The predicted molar refractivity (Wildman–Crippen MR) is 150 cm³/mol. The van der Waals surface area contributed by atoms with Gasteiger partial charge in [0.15, 0.2) is 0 Å². The van der Waals surface area contributed by atoms with Crippen LogP contribution in [0.2, 0.25) is 5.02 Å². The van der Waals surface area contributed by atoms with Gasteiger partial charge in [-0.3, -0.25) is 9.10 Å². The molecule has 0 spiro atoms. The van der Waals surface area contributed by atoms with Crippen molar-refractivity contribution in [2.45, 2.75) is 31.7 Å². The number of nitrogens with one attached hydrogen (secondary N) is 1. The maximum Gasteiger partial charge on any atom is 0.264 e. The molecule has 0 heterocycles.